The maximum absolute atomic E-state index is 13.1. The van der Waals surface area contributed by atoms with Crippen molar-refractivity contribution in [1.29, 1.82) is 0 Å². The second-order valence-corrected chi connectivity index (χ2v) is 6.29. The van der Waals surface area contributed by atoms with Gasteiger partial charge in [-0.25, -0.2) is 4.39 Å². The van der Waals surface area contributed by atoms with E-state index >= 15 is 0 Å². The van der Waals surface area contributed by atoms with Crippen LogP contribution in [0.4, 0.5) is 4.39 Å². The van der Waals surface area contributed by atoms with Crippen molar-refractivity contribution in [3.05, 3.63) is 71.5 Å². The fourth-order valence-corrected chi connectivity index (χ4v) is 3.32. The molecule has 0 spiro atoms. The maximum atomic E-state index is 13.1. The van der Waals surface area contributed by atoms with E-state index in [9.17, 15) is 18.5 Å². The van der Waals surface area contributed by atoms with Gasteiger partial charge in [0.2, 0.25) is 0 Å². The van der Waals surface area contributed by atoms with Crippen LogP contribution in [0.3, 0.4) is 0 Å². The molecule has 0 amide bonds. The van der Waals surface area contributed by atoms with Gasteiger partial charge in [0, 0.05) is 16.6 Å². The first-order chi connectivity index (χ1) is 10.1. The van der Waals surface area contributed by atoms with E-state index in [4.69, 9.17) is 0 Å². The van der Waals surface area contributed by atoms with Crippen molar-refractivity contribution in [3.63, 3.8) is 0 Å². The Morgan fingerprint density at radius 3 is 2.38 bits per heavy atom. The Morgan fingerprint density at radius 2 is 1.76 bits per heavy atom. The SMILES string of the molecule is O=C(O)C(Cc1ccccc1)S(=O)Cc1cccc(F)c1. The molecular weight excluding hydrogens is 291 g/mol. The van der Waals surface area contributed by atoms with Crippen LogP contribution in [0.2, 0.25) is 0 Å². The van der Waals surface area contributed by atoms with Crippen LogP contribution in [0, 0.1) is 5.82 Å². The number of benzene rings is 2. The van der Waals surface area contributed by atoms with Gasteiger partial charge in [0.1, 0.15) is 11.1 Å². The first-order valence-electron chi connectivity index (χ1n) is 6.44. The number of carboxylic acid groups (broad SMARTS) is 1. The summed E-state index contributed by atoms with van der Waals surface area (Å²) in [6.45, 7) is 0. The Balaban J connectivity index is 2.11. The summed E-state index contributed by atoms with van der Waals surface area (Å²) in [7, 11) is -1.61. The van der Waals surface area contributed by atoms with Gasteiger partial charge in [0.15, 0.2) is 0 Å². The van der Waals surface area contributed by atoms with Crippen molar-refractivity contribution < 1.29 is 18.5 Å². The van der Waals surface area contributed by atoms with Gasteiger partial charge in [0.05, 0.1) is 0 Å². The zero-order valence-corrected chi connectivity index (χ0v) is 12.1. The normalized spacial score (nSPS) is 13.6. The highest BCUT2D eigenvalue weighted by atomic mass is 32.2. The molecule has 0 saturated carbocycles. The van der Waals surface area contributed by atoms with Crippen molar-refractivity contribution in [2.75, 3.05) is 0 Å². The lowest BCUT2D eigenvalue weighted by Gasteiger charge is -2.12. The molecule has 21 heavy (non-hydrogen) atoms. The van der Waals surface area contributed by atoms with E-state index in [1.165, 1.54) is 18.2 Å². The van der Waals surface area contributed by atoms with Crippen LogP contribution in [0.5, 0.6) is 0 Å². The molecule has 0 aliphatic carbocycles. The van der Waals surface area contributed by atoms with Crippen molar-refractivity contribution >= 4 is 16.8 Å². The molecule has 2 rings (SSSR count). The quantitative estimate of drug-likeness (QED) is 0.893. The zero-order valence-electron chi connectivity index (χ0n) is 11.2. The van der Waals surface area contributed by atoms with E-state index in [1.807, 2.05) is 18.2 Å². The van der Waals surface area contributed by atoms with Crippen LogP contribution in [0.25, 0.3) is 0 Å². The average molecular weight is 306 g/mol. The average Bonchev–Trinajstić information content (AvgIpc) is 2.45. The number of halogens is 1. The van der Waals surface area contributed by atoms with Gasteiger partial charge >= 0.3 is 5.97 Å². The predicted octanol–water partition coefficient (Wildman–Crippen LogP) is 2.77. The molecule has 110 valence electrons. The van der Waals surface area contributed by atoms with Crippen LogP contribution in [-0.2, 0) is 27.8 Å². The van der Waals surface area contributed by atoms with E-state index in [2.05, 4.69) is 0 Å². The van der Waals surface area contributed by atoms with Gasteiger partial charge in [0.25, 0.3) is 0 Å². The summed E-state index contributed by atoms with van der Waals surface area (Å²) < 4.78 is 25.4. The highest BCUT2D eigenvalue weighted by Gasteiger charge is 2.25. The second kappa shape index (κ2) is 7.13. The third-order valence-electron chi connectivity index (χ3n) is 3.05. The molecule has 0 aliphatic heterocycles. The lowest BCUT2D eigenvalue weighted by molar-refractivity contribution is -0.136. The number of carboxylic acids is 1. The van der Waals surface area contributed by atoms with Gasteiger partial charge in [-0.2, -0.15) is 0 Å². The number of rotatable bonds is 6. The molecule has 0 aliphatic rings. The second-order valence-electron chi connectivity index (χ2n) is 4.67. The fraction of sp³-hybridized carbons (Fsp3) is 0.188. The van der Waals surface area contributed by atoms with E-state index < -0.39 is 27.8 Å². The lowest BCUT2D eigenvalue weighted by Crippen LogP contribution is -2.29. The van der Waals surface area contributed by atoms with Gasteiger partial charge in [-0.15, -0.1) is 0 Å². The van der Waals surface area contributed by atoms with Gasteiger partial charge in [-0.3, -0.25) is 9.00 Å². The number of aliphatic carboxylic acids is 1. The van der Waals surface area contributed by atoms with Crippen LogP contribution in [-0.4, -0.2) is 20.5 Å². The number of hydrogen-bond donors (Lipinski definition) is 1. The first-order valence-corrected chi connectivity index (χ1v) is 7.83. The minimum atomic E-state index is -1.61. The van der Waals surface area contributed by atoms with Crippen LogP contribution < -0.4 is 0 Å². The van der Waals surface area contributed by atoms with E-state index in [0.29, 0.717) is 5.56 Å². The molecule has 2 aromatic rings. The first kappa shape index (κ1) is 15.4. The lowest BCUT2D eigenvalue weighted by atomic mass is 10.1. The molecule has 2 unspecified atom stereocenters. The molecule has 0 heterocycles. The minimum absolute atomic E-state index is 0.0293. The Hall–Kier alpha value is -2.01. The molecule has 5 heteroatoms. The van der Waals surface area contributed by atoms with Crippen molar-refractivity contribution in [3.8, 4) is 0 Å². The molecule has 0 aromatic heterocycles. The van der Waals surface area contributed by atoms with Crippen LogP contribution in [0.1, 0.15) is 11.1 Å². The highest BCUT2D eigenvalue weighted by molar-refractivity contribution is 7.85. The Bertz CT molecular complexity index is 643. The molecule has 0 bridgehead atoms. The smallest absolute Gasteiger partial charge is 0.319 e. The monoisotopic (exact) mass is 306 g/mol. The summed E-state index contributed by atoms with van der Waals surface area (Å²) >= 11 is 0. The summed E-state index contributed by atoms with van der Waals surface area (Å²) in [6, 6.07) is 14.8. The molecule has 1 N–H and O–H groups in total. The molecule has 0 fully saturated rings. The fourth-order valence-electron chi connectivity index (χ4n) is 2.01. The Labute approximate surface area is 124 Å². The highest BCUT2D eigenvalue weighted by Crippen LogP contribution is 2.14. The topological polar surface area (TPSA) is 54.4 Å². The summed E-state index contributed by atoms with van der Waals surface area (Å²) in [6.07, 6.45) is 0.193. The molecule has 0 saturated heterocycles. The summed E-state index contributed by atoms with van der Waals surface area (Å²) in [5.74, 6) is -1.49. The van der Waals surface area contributed by atoms with E-state index in [0.717, 1.165) is 5.56 Å². The third kappa shape index (κ3) is 4.49. The number of hydrogen-bond acceptors (Lipinski definition) is 2. The molecular formula is C16H15FO3S. The van der Waals surface area contributed by atoms with E-state index in [1.54, 1.807) is 18.2 Å². The predicted molar refractivity (Wildman–Crippen MR) is 79.8 cm³/mol. The van der Waals surface area contributed by atoms with Crippen molar-refractivity contribution in [1.82, 2.24) is 0 Å². The Morgan fingerprint density at radius 1 is 1.10 bits per heavy atom. The molecule has 2 atom stereocenters. The van der Waals surface area contributed by atoms with Crippen LogP contribution >= 0.6 is 0 Å². The summed E-state index contributed by atoms with van der Waals surface area (Å²) in [5, 5.41) is 8.27. The maximum Gasteiger partial charge on any atom is 0.319 e. The molecule has 0 radical (unpaired) electrons. The summed E-state index contributed by atoms with van der Waals surface area (Å²) in [5.41, 5.74) is 1.35. The molecule has 3 nitrogen and oxygen atoms in total. The van der Waals surface area contributed by atoms with Crippen molar-refractivity contribution in [2.24, 2.45) is 0 Å². The van der Waals surface area contributed by atoms with Crippen LogP contribution in [0.15, 0.2) is 54.6 Å². The van der Waals surface area contributed by atoms with Gasteiger partial charge < -0.3 is 5.11 Å². The Kier molecular flexibility index (Phi) is 5.22. The van der Waals surface area contributed by atoms with Gasteiger partial charge in [-0.1, -0.05) is 42.5 Å². The third-order valence-corrected chi connectivity index (χ3v) is 4.68. The van der Waals surface area contributed by atoms with Gasteiger partial charge in [-0.05, 0) is 29.7 Å². The minimum Gasteiger partial charge on any atom is -0.480 e. The standard InChI is InChI=1S/C16H15FO3S/c17-14-8-4-7-13(9-14)11-21(20)15(16(18)19)10-12-5-2-1-3-6-12/h1-9,15H,10-11H2,(H,18,19). The largest absolute Gasteiger partial charge is 0.480 e. The van der Waals surface area contributed by atoms with Crippen molar-refractivity contribution in [2.45, 2.75) is 17.4 Å². The number of carbonyl (C=O) groups is 1. The zero-order chi connectivity index (χ0) is 15.2. The molecule has 2 aromatic carbocycles. The van der Waals surface area contributed by atoms with E-state index in [-0.39, 0.29) is 12.2 Å². The summed E-state index contributed by atoms with van der Waals surface area (Å²) in [4.78, 5) is 11.3.